The third-order valence-corrected chi connectivity index (χ3v) is 7.50. The highest BCUT2D eigenvalue weighted by Crippen LogP contribution is 2.36. The number of rotatable bonds is 6. The van der Waals surface area contributed by atoms with Crippen LogP contribution < -0.4 is 10.2 Å². The summed E-state index contributed by atoms with van der Waals surface area (Å²) in [6.07, 6.45) is -0.988. The number of hydrogen-bond donors (Lipinski definition) is 1. The normalized spacial score (nSPS) is 21.2. The highest BCUT2D eigenvalue weighted by atomic mass is 35.5. The minimum absolute atomic E-state index is 0.110. The van der Waals surface area contributed by atoms with E-state index in [0.29, 0.717) is 12.3 Å². The molecular formula is C26H31ClF3N3OS. The fourth-order valence-electron chi connectivity index (χ4n) is 4.69. The van der Waals surface area contributed by atoms with E-state index < -0.39 is 11.7 Å². The molecule has 1 aliphatic heterocycles. The van der Waals surface area contributed by atoms with E-state index in [-0.39, 0.29) is 17.2 Å². The molecule has 1 saturated heterocycles. The van der Waals surface area contributed by atoms with Gasteiger partial charge in [0.2, 0.25) is 0 Å². The molecule has 0 radical (unpaired) electrons. The fraction of sp³-hybridized carbons (Fsp3) is 0.500. The van der Waals surface area contributed by atoms with Crippen LogP contribution in [0.3, 0.4) is 0 Å². The predicted octanol–water partition coefficient (Wildman–Crippen LogP) is 6.56. The van der Waals surface area contributed by atoms with E-state index in [1.807, 2.05) is 0 Å². The zero-order valence-corrected chi connectivity index (χ0v) is 21.4. The summed E-state index contributed by atoms with van der Waals surface area (Å²) in [4.78, 5) is 5.45. The van der Waals surface area contributed by atoms with Gasteiger partial charge in [0.1, 0.15) is 4.99 Å². The van der Waals surface area contributed by atoms with E-state index >= 15 is 0 Å². The molecular weight excluding hydrogens is 495 g/mol. The molecule has 2 aliphatic rings. The molecule has 190 valence electrons. The summed E-state index contributed by atoms with van der Waals surface area (Å²) >= 11 is 11.4. The van der Waals surface area contributed by atoms with Crippen molar-refractivity contribution in [3.63, 3.8) is 0 Å². The van der Waals surface area contributed by atoms with Crippen molar-refractivity contribution in [3.05, 3.63) is 58.6 Å². The minimum Gasteiger partial charge on any atom is -0.382 e. The molecule has 0 spiro atoms. The largest absolute Gasteiger partial charge is 0.417 e. The summed E-state index contributed by atoms with van der Waals surface area (Å²) in [7, 11) is 0. The topological polar surface area (TPSA) is 27.7 Å². The molecule has 1 N–H and O–H groups in total. The fourth-order valence-corrected chi connectivity index (χ4v) is 5.17. The van der Waals surface area contributed by atoms with Gasteiger partial charge in [-0.05, 0) is 62.9 Å². The summed E-state index contributed by atoms with van der Waals surface area (Å²) in [6, 6.07) is 12.7. The lowest BCUT2D eigenvalue weighted by Gasteiger charge is -2.38. The van der Waals surface area contributed by atoms with Crippen molar-refractivity contribution in [2.45, 2.75) is 50.9 Å². The number of nitrogens with zero attached hydrogens (tertiary/aromatic N) is 2. The van der Waals surface area contributed by atoms with Gasteiger partial charge in [-0.3, -0.25) is 0 Å². The number of ether oxygens (including phenoxy) is 1. The van der Waals surface area contributed by atoms with Crippen LogP contribution in [0.5, 0.6) is 0 Å². The quantitative estimate of drug-likeness (QED) is 0.431. The van der Waals surface area contributed by atoms with Crippen LogP contribution in [0.25, 0.3) is 0 Å². The molecule has 2 aromatic carbocycles. The lowest BCUT2D eigenvalue weighted by molar-refractivity contribution is -0.137. The van der Waals surface area contributed by atoms with Crippen molar-refractivity contribution >= 4 is 40.2 Å². The molecule has 1 saturated carbocycles. The molecule has 1 heterocycles. The van der Waals surface area contributed by atoms with Gasteiger partial charge in [0.15, 0.2) is 0 Å². The Morgan fingerprint density at radius 1 is 1.03 bits per heavy atom. The van der Waals surface area contributed by atoms with Crippen LogP contribution in [0.1, 0.15) is 36.8 Å². The Balaban J connectivity index is 1.17. The molecule has 0 atom stereocenters. The van der Waals surface area contributed by atoms with E-state index in [1.165, 1.54) is 17.3 Å². The standard InChI is InChI=1S/C26H31ClF3N3OS/c1-18-2-7-21(8-3-18)32-12-14-33(15-13-32)25(35)17-34-22-9-4-19(5-10-22)31-20-6-11-24(27)23(16-20)26(28,29)30/h2-3,6-8,11,16,19,22,31H,4-5,9-10,12-15,17H2,1H3. The van der Waals surface area contributed by atoms with Gasteiger partial charge >= 0.3 is 6.18 Å². The number of benzene rings is 2. The number of thiocarbonyl (C=S) groups is 1. The Kier molecular flexibility index (Phi) is 8.45. The molecule has 0 aromatic heterocycles. The molecule has 4 nitrogen and oxygen atoms in total. The molecule has 9 heteroatoms. The number of aryl methyl sites for hydroxylation is 1. The minimum atomic E-state index is -4.47. The Morgan fingerprint density at radius 3 is 2.31 bits per heavy atom. The first-order valence-corrected chi connectivity index (χ1v) is 12.8. The molecule has 4 rings (SSSR count). The van der Waals surface area contributed by atoms with Gasteiger partial charge in [-0.2, -0.15) is 13.2 Å². The molecule has 0 bridgehead atoms. The number of hydrogen-bond acceptors (Lipinski definition) is 4. The first kappa shape index (κ1) is 26.0. The van der Waals surface area contributed by atoms with Gasteiger partial charge in [0.25, 0.3) is 0 Å². The molecule has 1 aliphatic carbocycles. The number of piperazine rings is 1. The Hall–Kier alpha value is -2.03. The number of nitrogens with one attached hydrogen (secondary N) is 1. The monoisotopic (exact) mass is 525 g/mol. The van der Waals surface area contributed by atoms with E-state index in [4.69, 9.17) is 28.6 Å². The molecule has 35 heavy (non-hydrogen) atoms. The Bertz CT molecular complexity index is 1000. The van der Waals surface area contributed by atoms with Crippen molar-refractivity contribution < 1.29 is 17.9 Å². The van der Waals surface area contributed by atoms with Crippen LogP contribution in [-0.4, -0.2) is 54.8 Å². The van der Waals surface area contributed by atoms with Crippen LogP contribution in [0, 0.1) is 6.92 Å². The summed E-state index contributed by atoms with van der Waals surface area (Å²) in [5.41, 5.74) is 2.14. The molecule has 0 unspecified atom stereocenters. The number of anilines is 2. The van der Waals surface area contributed by atoms with Crippen LogP contribution >= 0.6 is 23.8 Å². The summed E-state index contributed by atoms with van der Waals surface area (Å²) in [5, 5.41) is 2.94. The maximum atomic E-state index is 13.1. The third kappa shape index (κ3) is 7.02. The number of halogens is 4. The van der Waals surface area contributed by atoms with Crippen LogP contribution in [0.4, 0.5) is 24.5 Å². The molecule has 2 aromatic rings. The number of alkyl halides is 3. The van der Waals surface area contributed by atoms with Gasteiger partial charge < -0.3 is 19.9 Å². The van der Waals surface area contributed by atoms with E-state index in [9.17, 15) is 13.2 Å². The van der Waals surface area contributed by atoms with Crippen molar-refractivity contribution in [2.24, 2.45) is 0 Å². The van der Waals surface area contributed by atoms with Gasteiger partial charge in [-0.1, -0.05) is 41.5 Å². The highest BCUT2D eigenvalue weighted by Gasteiger charge is 2.33. The van der Waals surface area contributed by atoms with Gasteiger partial charge in [-0.15, -0.1) is 0 Å². The smallest absolute Gasteiger partial charge is 0.382 e. The highest BCUT2D eigenvalue weighted by molar-refractivity contribution is 7.80. The zero-order chi connectivity index (χ0) is 25.0. The second-order valence-corrected chi connectivity index (χ2v) is 10.2. The second kappa shape index (κ2) is 11.4. The molecule has 0 amide bonds. The van der Waals surface area contributed by atoms with Crippen molar-refractivity contribution in [2.75, 3.05) is 43.0 Å². The predicted molar refractivity (Wildman–Crippen MR) is 140 cm³/mol. The average Bonchev–Trinajstić information content (AvgIpc) is 2.84. The molecule has 2 fully saturated rings. The lowest BCUT2D eigenvalue weighted by atomic mass is 9.92. The SMILES string of the molecule is Cc1ccc(N2CCN(C(=S)COC3CCC(Nc4ccc(Cl)c(C(F)(F)F)c4)CC3)CC2)cc1. The van der Waals surface area contributed by atoms with Gasteiger partial charge in [0, 0.05) is 43.6 Å². The first-order valence-electron chi connectivity index (χ1n) is 12.0. The van der Waals surface area contributed by atoms with E-state index in [1.54, 1.807) is 6.07 Å². The Morgan fingerprint density at radius 2 is 1.69 bits per heavy atom. The van der Waals surface area contributed by atoms with Crippen LogP contribution in [-0.2, 0) is 10.9 Å². The summed E-state index contributed by atoms with van der Waals surface area (Å²) in [6.45, 7) is 6.16. The first-order chi connectivity index (χ1) is 16.7. The maximum Gasteiger partial charge on any atom is 0.417 e. The van der Waals surface area contributed by atoms with Crippen LogP contribution in [0.2, 0.25) is 5.02 Å². The van der Waals surface area contributed by atoms with Gasteiger partial charge in [-0.25, -0.2) is 0 Å². The third-order valence-electron chi connectivity index (χ3n) is 6.79. The Labute approximate surface area is 215 Å². The van der Waals surface area contributed by atoms with E-state index in [0.717, 1.165) is 62.9 Å². The van der Waals surface area contributed by atoms with Crippen molar-refractivity contribution in [1.82, 2.24) is 4.90 Å². The zero-order valence-electron chi connectivity index (χ0n) is 19.8. The van der Waals surface area contributed by atoms with Crippen LogP contribution in [0.15, 0.2) is 42.5 Å². The second-order valence-electron chi connectivity index (χ2n) is 9.32. The van der Waals surface area contributed by atoms with Gasteiger partial charge in [0.05, 0.1) is 23.3 Å². The summed E-state index contributed by atoms with van der Waals surface area (Å²) < 4.78 is 45.4. The van der Waals surface area contributed by atoms with E-state index in [2.05, 4.69) is 46.3 Å². The average molecular weight is 526 g/mol. The summed E-state index contributed by atoms with van der Waals surface area (Å²) in [5.74, 6) is 0. The van der Waals surface area contributed by atoms with Crippen molar-refractivity contribution in [1.29, 1.82) is 0 Å². The van der Waals surface area contributed by atoms with Crippen molar-refractivity contribution in [3.8, 4) is 0 Å². The lowest BCUT2D eigenvalue weighted by Crippen LogP contribution is -2.49. The maximum absolute atomic E-state index is 13.1.